The third-order valence-electron chi connectivity index (χ3n) is 4.35. The first-order valence-electron chi connectivity index (χ1n) is 8.14. The van der Waals surface area contributed by atoms with Crippen LogP contribution in [0.25, 0.3) is 22.4 Å². The number of aromatic nitrogens is 2. The number of H-pyrrole nitrogens is 1. The molecule has 0 spiro atoms. The molecule has 1 N–H and O–H groups in total. The van der Waals surface area contributed by atoms with Crippen molar-refractivity contribution in [2.75, 3.05) is 26.3 Å². The van der Waals surface area contributed by atoms with Crippen LogP contribution >= 0.6 is 0 Å². The molecule has 4 rings (SSSR count). The zero-order valence-corrected chi connectivity index (χ0v) is 13.4. The van der Waals surface area contributed by atoms with Crippen molar-refractivity contribution >= 4 is 11.0 Å². The van der Waals surface area contributed by atoms with Crippen molar-refractivity contribution in [2.24, 2.45) is 0 Å². The number of aromatic amines is 1. The Morgan fingerprint density at radius 3 is 2.87 bits per heavy atom. The van der Waals surface area contributed by atoms with E-state index in [0.29, 0.717) is 0 Å². The second-order valence-electron chi connectivity index (χ2n) is 6.19. The number of rotatable bonds is 3. The highest BCUT2D eigenvalue weighted by atomic mass is 16.5. The van der Waals surface area contributed by atoms with Crippen LogP contribution in [0.2, 0.25) is 0 Å². The summed E-state index contributed by atoms with van der Waals surface area (Å²) in [6.45, 7) is 6.75. The summed E-state index contributed by atoms with van der Waals surface area (Å²) in [4.78, 5) is 10.6. The summed E-state index contributed by atoms with van der Waals surface area (Å²) in [6.07, 6.45) is 0. The predicted octanol–water partition coefficient (Wildman–Crippen LogP) is 3.37. The lowest BCUT2D eigenvalue weighted by Crippen LogP contribution is -2.35. The van der Waals surface area contributed by atoms with Gasteiger partial charge in [0.15, 0.2) is 0 Å². The minimum atomic E-state index is 0.836. The lowest BCUT2D eigenvalue weighted by Gasteiger charge is -2.26. The van der Waals surface area contributed by atoms with Gasteiger partial charge in [0.25, 0.3) is 0 Å². The maximum atomic E-state index is 5.42. The second-order valence-corrected chi connectivity index (χ2v) is 6.19. The Balaban J connectivity index is 1.61. The van der Waals surface area contributed by atoms with Crippen molar-refractivity contribution in [1.82, 2.24) is 14.9 Å². The number of hydrogen-bond donors (Lipinski definition) is 1. The van der Waals surface area contributed by atoms with Crippen molar-refractivity contribution in [3.05, 3.63) is 53.6 Å². The van der Waals surface area contributed by atoms with E-state index < -0.39 is 0 Å². The lowest BCUT2D eigenvalue weighted by molar-refractivity contribution is 0.0342. The van der Waals surface area contributed by atoms with E-state index in [9.17, 15) is 0 Å². The summed E-state index contributed by atoms with van der Waals surface area (Å²) in [7, 11) is 0. The fourth-order valence-corrected chi connectivity index (χ4v) is 3.09. The van der Waals surface area contributed by atoms with Gasteiger partial charge in [-0.05, 0) is 36.2 Å². The van der Waals surface area contributed by atoms with E-state index in [0.717, 1.165) is 55.3 Å². The Morgan fingerprint density at radius 1 is 1.13 bits per heavy atom. The SMILES string of the molecule is Cc1ccc2[nH]c(-c3cccc(CN4CCOCC4)c3)nc2c1. The molecule has 0 unspecified atom stereocenters. The first kappa shape index (κ1) is 14.4. The third-order valence-corrected chi connectivity index (χ3v) is 4.35. The molecule has 1 aromatic heterocycles. The second kappa shape index (κ2) is 6.14. The minimum Gasteiger partial charge on any atom is -0.379 e. The molecular formula is C19H21N3O. The summed E-state index contributed by atoms with van der Waals surface area (Å²) in [5.74, 6) is 0.939. The monoisotopic (exact) mass is 307 g/mol. The van der Waals surface area contributed by atoms with Gasteiger partial charge in [-0.1, -0.05) is 24.3 Å². The Hall–Kier alpha value is -2.17. The average Bonchev–Trinajstić information content (AvgIpc) is 2.99. The normalized spacial score (nSPS) is 16.0. The molecule has 2 heterocycles. The van der Waals surface area contributed by atoms with Crippen LogP contribution in [0.4, 0.5) is 0 Å². The van der Waals surface area contributed by atoms with Gasteiger partial charge in [-0.25, -0.2) is 4.98 Å². The molecule has 1 aliphatic heterocycles. The molecule has 1 fully saturated rings. The third kappa shape index (κ3) is 3.14. The molecule has 0 bridgehead atoms. The Bertz CT molecular complexity index is 818. The van der Waals surface area contributed by atoms with E-state index in [-0.39, 0.29) is 0 Å². The molecule has 3 aromatic rings. The zero-order chi connectivity index (χ0) is 15.6. The molecule has 0 saturated carbocycles. The van der Waals surface area contributed by atoms with Gasteiger partial charge in [-0.2, -0.15) is 0 Å². The molecular weight excluding hydrogens is 286 g/mol. The maximum absolute atomic E-state index is 5.42. The van der Waals surface area contributed by atoms with Gasteiger partial charge in [0.2, 0.25) is 0 Å². The van der Waals surface area contributed by atoms with Gasteiger partial charge >= 0.3 is 0 Å². The first-order chi connectivity index (χ1) is 11.3. The van der Waals surface area contributed by atoms with E-state index in [1.807, 2.05) is 0 Å². The highest BCUT2D eigenvalue weighted by molar-refractivity contribution is 5.80. The van der Waals surface area contributed by atoms with Crippen LogP contribution in [-0.4, -0.2) is 41.2 Å². The van der Waals surface area contributed by atoms with Gasteiger partial charge in [0, 0.05) is 25.2 Å². The van der Waals surface area contributed by atoms with Crippen LogP contribution in [0.5, 0.6) is 0 Å². The van der Waals surface area contributed by atoms with E-state index in [2.05, 4.69) is 59.3 Å². The van der Waals surface area contributed by atoms with Crippen LogP contribution in [0, 0.1) is 6.92 Å². The number of benzene rings is 2. The van der Waals surface area contributed by atoms with Crippen molar-refractivity contribution in [2.45, 2.75) is 13.5 Å². The molecule has 118 valence electrons. The van der Waals surface area contributed by atoms with Gasteiger partial charge in [-0.15, -0.1) is 0 Å². The van der Waals surface area contributed by atoms with Crippen molar-refractivity contribution in [3.8, 4) is 11.4 Å². The number of aryl methyl sites for hydroxylation is 1. The number of fused-ring (bicyclic) bond motifs is 1. The van der Waals surface area contributed by atoms with Crippen molar-refractivity contribution in [3.63, 3.8) is 0 Å². The lowest BCUT2D eigenvalue weighted by atomic mass is 10.1. The van der Waals surface area contributed by atoms with Crippen LogP contribution in [0.1, 0.15) is 11.1 Å². The number of hydrogen-bond acceptors (Lipinski definition) is 3. The van der Waals surface area contributed by atoms with E-state index in [1.54, 1.807) is 0 Å². The largest absolute Gasteiger partial charge is 0.379 e. The van der Waals surface area contributed by atoms with E-state index >= 15 is 0 Å². The molecule has 0 aliphatic carbocycles. The summed E-state index contributed by atoms with van der Waals surface area (Å²) >= 11 is 0. The average molecular weight is 307 g/mol. The number of nitrogens with zero attached hydrogens (tertiary/aromatic N) is 2. The van der Waals surface area contributed by atoms with Crippen molar-refractivity contribution < 1.29 is 4.74 Å². The van der Waals surface area contributed by atoms with Gasteiger partial charge in [0.05, 0.1) is 24.2 Å². The van der Waals surface area contributed by atoms with Crippen molar-refractivity contribution in [1.29, 1.82) is 0 Å². The zero-order valence-electron chi connectivity index (χ0n) is 13.4. The molecule has 4 nitrogen and oxygen atoms in total. The summed E-state index contributed by atoms with van der Waals surface area (Å²) in [5, 5.41) is 0. The summed E-state index contributed by atoms with van der Waals surface area (Å²) < 4.78 is 5.42. The molecule has 0 radical (unpaired) electrons. The highest BCUT2D eigenvalue weighted by Crippen LogP contribution is 2.22. The molecule has 1 aliphatic rings. The summed E-state index contributed by atoms with van der Waals surface area (Å²) in [6, 6.07) is 15.0. The Kier molecular flexibility index (Phi) is 3.85. The minimum absolute atomic E-state index is 0.836. The molecule has 0 amide bonds. The number of morpholine rings is 1. The Morgan fingerprint density at radius 2 is 2.00 bits per heavy atom. The molecule has 0 atom stereocenters. The fraction of sp³-hybridized carbons (Fsp3) is 0.316. The van der Waals surface area contributed by atoms with E-state index in [1.165, 1.54) is 11.1 Å². The summed E-state index contributed by atoms with van der Waals surface area (Å²) in [5.41, 5.74) is 5.81. The molecule has 1 saturated heterocycles. The van der Waals surface area contributed by atoms with Crippen LogP contribution in [-0.2, 0) is 11.3 Å². The topological polar surface area (TPSA) is 41.2 Å². The maximum Gasteiger partial charge on any atom is 0.138 e. The van der Waals surface area contributed by atoms with E-state index in [4.69, 9.17) is 9.72 Å². The molecule has 4 heteroatoms. The van der Waals surface area contributed by atoms with Gasteiger partial charge < -0.3 is 9.72 Å². The number of imidazole rings is 1. The Labute approximate surface area is 136 Å². The standard InChI is InChI=1S/C19H21N3O/c1-14-5-6-17-18(11-14)21-19(20-17)16-4-2-3-15(12-16)13-22-7-9-23-10-8-22/h2-6,11-12H,7-10,13H2,1H3,(H,20,21). The predicted molar refractivity (Wildman–Crippen MR) is 92.4 cm³/mol. The van der Waals surface area contributed by atoms with Crippen LogP contribution < -0.4 is 0 Å². The smallest absolute Gasteiger partial charge is 0.138 e. The highest BCUT2D eigenvalue weighted by Gasteiger charge is 2.12. The fourth-order valence-electron chi connectivity index (χ4n) is 3.09. The number of ether oxygens (including phenoxy) is 1. The number of nitrogens with one attached hydrogen (secondary N) is 1. The quantitative estimate of drug-likeness (QED) is 0.806. The van der Waals surface area contributed by atoms with Gasteiger partial charge in [-0.3, -0.25) is 4.90 Å². The molecule has 2 aromatic carbocycles. The van der Waals surface area contributed by atoms with Crippen LogP contribution in [0.15, 0.2) is 42.5 Å². The molecule has 23 heavy (non-hydrogen) atoms. The first-order valence-corrected chi connectivity index (χ1v) is 8.14. The van der Waals surface area contributed by atoms with Crippen LogP contribution in [0.3, 0.4) is 0 Å². The van der Waals surface area contributed by atoms with Gasteiger partial charge in [0.1, 0.15) is 5.82 Å².